The second-order valence-corrected chi connectivity index (χ2v) is 26.6. The topological polar surface area (TPSA) is 241 Å². The van der Waals surface area contributed by atoms with E-state index in [-0.39, 0.29) is 0 Å². The summed E-state index contributed by atoms with van der Waals surface area (Å²) in [6.45, 7) is 11.1. The molecule has 3 aromatic carbocycles. The third-order valence-electron chi connectivity index (χ3n) is 13.6. The van der Waals surface area contributed by atoms with Crippen LogP contribution in [0.5, 0.6) is 0 Å². The number of allylic oxidation sites excluding steroid dienone is 2. The Kier molecular flexibility index (Phi) is 19.3. The number of pyridine rings is 3. The van der Waals surface area contributed by atoms with Crippen molar-refractivity contribution in [1.29, 1.82) is 0 Å². The van der Waals surface area contributed by atoms with Crippen molar-refractivity contribution in [2.24, 2.45) is 0 Å². The fraction of sp³-hybridized carbons (Fsp3) is 0.0469. The Morgan fingerprint density at radius 3 is 1.35 bits per heavy atom. The molecular weight excluding hydrogens is 1470 g/mol. The highest BCUT2D eigenvalue weighted by atomic mass is 127. The summed E-state index contributed by atoms with van der Waals surface area (Å²) in [7, 11) is 0. The van der Waals surface area contributed by atoms with Crippen LogP contribution in [-0.2, 0) is 13.1 Å². The van der Waals surface area contributed by atoms with Crippen molar-refractivity contribution in [3.05, 3.63) is 242 Å². The molecule has 0 aliphatic carbocycles. The number of nitrogens with zero attached hydrogens (tertiary/aromatic N) is 8. The standard InChI is InChI=1S/C22H14Cl2N4O2S.C19H10Cl2N4O2S.C17H14Cl2N2S.C6H3IN2O2/c1-2-8-28-9-7-26-21(28)19-15(13-4-3-12(23)10-16(13)24)11-17(31-19)14-5-6-25-20-18(14)30-22(29)27-20;20-9-1-2-10(13(21)7-9)12-8-14(28-16(12)18-23-5-6-24-18)11-3-4-22-17-15(11)27-19(26)25-17;1-3-7-21-8-6-20-17(21)16-14(9-11(2)22-16)13-5-4-12(18)10-15(13)19;7-3-1-2-8-5-4(3)11-6(10)9-5/h2-7,9-11H,1,8H2,(H,25,27,29);1-8H,(H,23,24)(H,22,25,26);3-6,8-10H,1,7H2,2H3;1-2H,(H,8,9,10). The third kappa shape index (κ3) is 13.6. The van der Waals surface area contributed by atoms with E-state index in [0.29, 0.717) is 70.4 Å². The van der Waals surface area contributed by atoms with Gasteiger partial charge in [-0.25, -0.2) is 44.3 Å². The number of rotatable bonds is 12. The molecule has 0 aliphatic heterocycles. The third-order valence-corrected chi connectivity index (χ3v) is 19.5. The van der Waals surface area contributed by atoms with E-state index in [1.807, 2.05) is 77.6 Å². The SMILES string of the molecule is C=CCn1ccnc1-c1sc(-c2ccnc3[nH]c(=O)oc23)cc1-c1ccc(Cl)cc1Cl.C=CCn1ccnc1-c1sc(C)cc1-c1ccc(Cl)cc1Cl.O=c1[nH]c2nccc(-c3cc(-c4ccc(Cl)cc4Cl)c(-c4ncc[nH]4)s3)c2o1.O=c1[nH]c2nccc(I)c2o1. The van der Waals surface area contributed by atoms with Crippen molar-refractivity contribution in [2.45, 2.75) is 20.0 Å². The second kappa shape index (κ2) is 27.8. The number of oxazole rings is 3. The average Bonchev–Trinajstić information content (AvgIpc) is 1.63. The van der Waals surface area contributed by atoms with E-state index in [1.165, 1.54) is 27.6 Å². The molecular formula is C64H41Cl6IN12O6S3. The number of aryl methyl sites for hydroxylation is 1. The number of halogens is 7. The molecule has 0 atom stereocenters. The molecule has 0 bridgehead atoms. The summed E-state index contributed by atoms with van der Waals surface area (Å²) in [4.78, 5) is 76.5. The zero-order valence-electron chi connectivity index (χ0n) is 47.2. The van der Waals surface area contributed by atoms with Crippen molar-refractivity contribution >= 4 is 160 Å². The zero-order valence-corrected chi connectivity index (χ0v) is 56.4. The fourth-order valence-electron chi connectivity index (χ4n) is 9.72. The monoisotopic (exact) mass is 1510 g/mol. The van der Waals surface area contributed by atoms with Crippen LogP contribution in [0, 0.1) is 10.5 Å². The summed E-state index contributed by atoms with van der Waals surface area (Å²) in [5.74, 6) is 0.889. The molecule has 18 nitrogen and oxygen atoms in total. The van der Waals surface area contributed by atoms with Crippen LogP contribution < -0.4 is 17.3 Å². The molecule has 0 aliphatic rings. The fourth-order valence-corrected chi connectivity index (χ4v) is 15.2. The van der Waals surface area contributed by atoms with Crippen molar-refractivity contribution in [1.82, 2.24) is 59.0 Å². The van der Waals surface area contributed by atoms with E-state index in [4.69, 9.17) is 82.9 Å². The van der Waals surface area contributed by atoms with Crippen LogP contribution in [0.25, 0.3) is 120 Å². The second-order valence-electron chi connectivity index (χ2n) is 19.6. The molecule has 460 valence electrons. The smallest absolute Gasteiger partial charge is 0.405 e. The Balaban J connectivity index is 0.000000124. The molecule has 0 fully saturated rings. The predicted molar refractivity (Wildman–Crippen MR) is 379 cm³/mol. The highest BCUT2D eigenvalue weighted by Gasteiger charge is 2.24. The molecule has 12 aromatic heterocycles. The Morgan fingerprint density at radius 2 is 0.902 bits per heavy atom. The number of thiophene rings is 3. The van der Waals surface area contributed by atoms with E-state index in [0.717, 1.165) is 96.5 Å². The van der Waals surface area contributed by atoms with Gasteiger partial charge in [-0.15, -0.1) is 47.2 Å². The first-order valence-electron chi connectivity index (χ1n) is 27.1. The Labute approximate surface area is 575 Å². The number of hydrogen-bond donors (Lipinski definition) is 4. The van der Waals surface area contributed by atoms with Crippen LogP contribution in [-0.4, -0.2) is 59.0 Å². The van der Waals surface area contributed by atoms with Crippen molar-refractivity contribution in [3.63, 3.8) is 0 Å². The molecule has 0 radical (unpaired) electrons. The van der Waals surface area contributed by atoms with E-state index in [1.54, 1.807) is 91.1 Å². The minimum absolute atomic E-state index is 0.400. The maximum Gasteiger partial charge on any atom is 0.418 e. The van der Waals surface area contributed by atoms with Gasteiger partial charge in [-0.2, -0.15) is 0 Å². The molecule has 28 heteroatoms. The lowest BCUT2D eigenvalue weighted by molar-refractivity contribution is 0.553. The first-order chi connectivity index (χ1) is 44.5. The van der Waals surface area contributed by atoms with E-state index in [2.05, 4.69) is 103 Å². The predicted octanol–water partition coefficient (Wildman–Crippen LogP) is 19.1. The van der Waals surface area contributed by atoms with Crippen LogP contribution >= 0.6 is 126 Å². The molecule has 92 heavy (non-hydrogen) atoms. The number of H-pyrrole nitrogens is 4. The number of aromatic amines is 4. The van der Waals surface area contributed by atoms with Crippen LogP contribution in [0.15, 0.2) is 200 Å². The van der Waals surface area contributed by atoms with E-state index in [9.17, 15) is 14.4 Å². The number of aromatic nitrogens is 12. The van der Waals surface area contributed by atoms with Gasteiger partial charge in [0.2, 0.25) is 0 Å². The maximum absolute atomic E-state index is 11.7. The van der Waals surface area contributed by atoms with Crippen molar-refractivity contribution in [2.75, 3.05) is 0 Å². The van der Waals surface area contributed by atoms with E-state index < -0.39 is 17.3 Å². The lowest BCUT2D eigenvalue weighted by Gasteiger charge is -2.08. The number of benzene rings is 3. The van der Waals surface area contributed by atoms with Gasteiger partial charge in [-0.3, -0.25) is 15.0 Å². The van der Waals surface area contributed by atoms with Crippen LogP contribution in [0.1, 0.15) is 4.88 Å². The number of nitrogens with one attached hydrogen (secondary N) is 4. The minimum Gasteiger partial charge on any atom is -0.405 e. The molecule has 0 unspecified atom stereocenters. The van der Waals surface area contributed by atoms with Gasteiger partial charge in [0.05, 0.1) is 18.2 Å². The van der Waals surface area contributed by atoms with E-state index >= 15 is 0 Å². The Morgan fingerprint density at radius 1 is 0.478 bits per heavy atom. The Hall–Kier alpha value is -8.40. The highest BCUT2D eigenvalue weighted by molar-refractivity contribution is 14.1. The molecule has 15 aromatic rings. The first kappa shape index (κ1) is 63.7. The van der Waals surface area contributed by atoms with Crippen LogP contribution in [0.4, 0.5) is 0 Å². The largest absolute Gasteiger partial charge is 0.418 e. The molecule has 0 saturated carbocycles. The highest BCUT2D eigenvalue weighted by Crippen LogP contribution is 2.48. The summed E-state index contributed by atoms with van der Waals surface area (Å²) in [5.41, 5.74) is 9.69. The molecule has 12 heterocycles. The molecule has 0 saturated heterocycles. The summed E-state index contributed by atoms with van der Waals surface area (Å²) in [5, 5.41) is 3.48. The minimum atomic E-state index is -0.547. The lowest BCUT2D eigenvalue weighted by atomic mass is 10.0. The van der Waals surface area contributed by atoms with Crippen LogP contribution in [0.3, 0.4) is 0 Å². The molecule has 0 amide bonds. The van der Waals surface area contributed by atoms with Gasteiger partial charge in [0.15, 0.2) is 45.3 Å². The zero-order chi connectivity index (χ0) is 64.3. The summed E-state index contributed by atoms with van der Waals surface area (Å²) in [6, 6.07) is 27.9. The lowest BCUT2D eigenvalue weighted by Crippen LogP contribution is -1.96. The number of fused-ring (bicyclic) bond motifs is 3. The summed E-state index contributed by atoms with van der Waals surface area (Å²) in [6.07, 6.45) is 19.4. The molecule has 0 spiro atoms. The number of hydrogen-bond acceptors (Lipinski definition) is 15. The van der Waals surface area contributed by atoms with Crippen molar-refractivity contribution < 1.29 is 13.3 Å². The first-order valence-corrected chi connectivity index (χ1v) is 32.9. The van der Waals surface area contributed by atoms with Gasteiger partial charge in [0.1, 0.15) is 5.82 Å². The Bertz CT molecular complexity index is 5420. The van der Waals surface area contributed by atoms with Crippen LogP contribution in [0.2, 0.25) is 30.1 Å². The summed E-state index contributed by atoms with van der Waals surface area (Å²) < 4.78 is 20.4. The normalized spacial score (nSPS) is 11.1. The van der Waals surface area contributed by atoms with Gasteiger partial charge in [-0.1, -0.05) is 100.0 Å². The summed E-state index contributed by atoms with van der Waals surface area (Å²) >= 11 is 44.4. The van der Waals surface area contributed by atoms with Gasteiger partial charge in [0, 0.05) is 158 Å². The van der Waals surface area contributed by atoms with Crippen molar-refractivity contribution in [3.8, 4) is 86.4 Å². The quantitative estimate of drug-likeness (QED) is 0.0660. The van der Waals surface area contributed by atoms with Gasteiger partial charge in [0.25, 0.3) is 0 Å². The van der Waals surface area contributed by atoms with Gasteiger partial charge < -0.3 is 27.4 Å². The molecule has 4 N–H and O–H groups in total. The van der Waals surface area contributed by atoms with Gasteiger partial charge in [-0.05, 0) is 102 Å². The van der Waals surface area contributed by atoms with Gasteiger partial charge >= 0.3 is 17.3 Å². The molecule has 15 rings (SSSR count). The average molecular weight is 1510 g/mol. The number of imidazole rings is 3. The maximum atomic E-state index is 11.7.